The van der Waals surface area contributed by atoms with Crippen LogP contribution in [0.5, 0.6) is 11.5 Å². The minimum Gasteiger partial charge on any atom is -0.491 e. The molecule has 1 N–H and O–H groups in total. The number of carbonyl (C=O) groups is 1. The number of hydrogen-bond donors (Lipinski definition) is 1. The van der Waals surface area contributed by atoms with Crippen LogP contribution in [0.4, 0.5) is 5.82 Å². The number of nitrogens with zero attached hydrogens (tertiary/aromatic N) is 5. The van der Waals surface area contributed by atoms with E-state index < -0.39 is 5.91 Å². The molecule has 10 heteroatoms. The number of fused-ring (bicyclic) bond motifs is 3. The van der Waals surface area contributed by atoms with E-state index in [1.807, 2.05) is 16.7 Å². The zero-order chi connectivity index (χ0) is 25.9. The lowest BCUT2D eigenvalue weighted by atomic mass is 9.85. The first-order chi connectivity index (χ1) is 18.7. The Morgan fingerprint density at radius 2 is 2.18 bits per heavy atom. The summed E-state index contributed by atoms with van der Waals surface area (Å²) in [6.07, 6.45) is 8.21. The summed E-state index contributed by atoms with van der Waals surface area (Å²) < 4.78 is 19.9. The highest BCUT2D eigenvalue weighted by Crippen LogP contribution is 2.37. The Bertz CT molecular complexity index is 1370. The largest absolute Gasteiger partial charge is 0.491 e. The first-order valence-electron chi connectivity index (χ1n) is 13.5. The van der Waals surface area contributed by atoms with Gasteiger partial charge in [-0.25, -0.2) is 4.98 Å². The number of methoxy groups -OCH3 is 1. The maximum atomic E-state index is 12.8. The molecule has 2 aromatic heterocycles. The van der Waals surface area contributed by atoms with Crippen LogP contribution in [0, 0.1) is 5.92 Å². The van der Waals surface area contributed by atoms with Gasteiger partial charge in [-0.2, -0.15) is 4.99 Å². The van der Waals surface area contributed by atoms with Gasteiger partial charge in [0.1, 0.15) is 11.3 Å². The topological polar surface area (TPSA) is 103 Å². The lowest BCUT2D eigenvalue weighted by Gasteiger charge is -2.37. The first-order valence-corrected chi connectivity index (χ1v) is 13.5. The van der Waals surface area contributed by atoms with Crippen LogP contribution in [0.3, 0.4) is 0 Å². The molecule has 10 nitrogen and oxygen atoms in total. The van der Waals surface area contributed by atoms with E-state index in [2.05, 4.69) is 20.2 Å². The Morgan fingerprint density at radius 1 is 1.26 bits per heavy atom. The molecule has 1 aliphatic carbocycles. The van der Waals surface area contributed by atoms with E-state index in [-0.39, 0.29) is 6.10 Å². The predicted molar refractivity (Wildman–Crippen MR) is 143 cm³/mol. The number of rotatable bonds is 8. The second kappa shape index (κ2) is 11.1. The highest BCUT2D eigenvalue weighted by molar-refractivity contribution is 5.96. The summed E-state index contributed by atoms with van der Waals surface area (Å²) in [5, 5.41) is 4.29. The Labute approximate surface area is 221 Å². The zero-order valence-corrected chi connectivity index (χ0v) is 21.8. The highest BCUT2D eigenvalue weighted by Gasteiger charge is 2.26. The van der Waals surface area contributed by atoms with Crippen LogP contribution in [0.2, 0.25) is 0 Å². The molecular weight excluding hydrogens is 484 g/mol. The second-order valence-corrected chi connectivity index (χ2v) is 10.2. The Hall–Kier alpha value is -3.50. The molecule has 38 heavy (non-hydrogen) atoms. The van der Waals surface area contributed by atoms with E-state index in [1.54, 1.807) is 25.4 Å². The van der Waals surface area contributed by atoms with E-state index >= 15 is 0 Å². The smallest absolute Gasteiger partial charge is 0.281 e. The molecule has 1 aromatic carbocycles. The first kappa shape index (κ1) is 24.8. The quantitative estimate of drug-likeness (QED) is 0.486. The molecule has 1 saturated carbocycles. The molecule has 6 rings (SSSR count). The molecule has 0 spiro atoms. The maximum absolute atomic E-state index is 12.8. The number of morpholine rings is 1. The number of ether oxygens (including phenoxy) is 3. The number of aromatic nitrogens is 3. The summed E-state index contributed by atoms with van der Waals surface area (Å²) >= 11 is 0. The van der Waals surface area contributed by atoms with Gasteiger partial charge in [0.15, 0.2) is 11.5 Å². The molecule has 0 radical (unpaired) electrons. The van der Waals surface area contributed by atoms with Gasteiger partial charge in [-0.3, -0.25) is 19.2 Å². The van der Waals surface area contributed by atoms with Crippen LogP contribution in [-0.2, 0) is 11.3 Å². The summed E-state index contributed by atoms with van der Waals surface area (Å²) in [7, 11) is 1.61. The molecule has 200 valence electrons. The van der Waals surface area contributed by atoms with Crippen molar-refractivity contribution in [2.45, 2.75) is 38.3 Å². The monoisotopic (exact) mass is 518 g/mol. The normalized spacial score (nSPS) is 20.1. The lowest BCUT2D eigenvalue weighted by molar-refractivity contribution is -0.0440. The third kappa shape index (κ3) is 5.10. The highest BCUT2D eigenvalue weighted by atomic mass is 16.5. The van der Waals surface area contributed by atoms with Crippen LogP contribution in [0.1, 0.15) is 36.0 Å². The molecule has 2 fully saturated rings. The van der Waals surface area contributed by atoms with Crippen molar-refractivity contribution in [3.8, 4) is 11.5 Å². The Morgan fingerprint density at radius 3 is 2.97 bits per heavy atom. The Balaban J connectivity index is 1.22. The van der Waals surface area contributed by atoms with E-state index in [4.69, 9.17) is 19.2 Å². The van der Waals surface area contributed by atoms with Gasteiger partial charge in [0.05, 0.1) is 32.0 Å². The summed E-state index contributed by atoms with van der Waals surface area (Å²) in [6.45, 7) is 5.85. The fourth-order valence-corrected chi connectivity index (χ4v) is 5.45. The van der Waals surface area contributed by atoms with Gasteiger partial charge in [-0.05, 0) is 43.0 Å². The summed E-state index contributed by atoms with van der Waals surface area (Å²) in [5.74, 6) is 2.48. The molecular formula is C28H34N6O4. The van der Waals surface area contributed by atoms with Crippen molar-refractivity contribution in [3.63, 3.8) is 0 Å². The fraction of sp³-hybridized carbons (Fsp3) is 0.500. The summed E-state index contributed by atoms with van der Waals surface area (Å²) in [6, 6.07) is 7.31. The number of amides is 1. The standard InChI is InChI=1S/C28H34N6O4/c1-36-25-23(38-14-9-21-18-33(13-15-37-21)17-19-4-2-5-19)8-7-22-24(25)31-28(34-12-11-30-26(22)34)32-27(35)20-6-3-10-29-16-20/h3,6-8,10,16,19,21,30H,2,4-5,9,11-15,17-18H2,1H3. The maximum Gasteiger partial charge on any atom is 0.281 e. The van der Waals surface area contributed by atoms with Crippen LogP contribution in [0.15, 0.2) is 41.7 Å². The predicted octanol–water partition coefficient (Wildman–Crippen LogP) is 2.88. The second-order valence-electron chi connectivity index (χ2n) is 10.2. The third-order valence-corrected chi connectivity index (χ3v) is 7.68. The van der Waals surface area contributed by atoms with Crippen molar-refractivity contribution in [3.05, 3.63) is 47.8 Å². The van der Waals surface area contributed by atoms with E-state index in [1.165, 1.54) is 32.0 Å². The van der Waals surface area contributed by atoms with Crippen molar-refractivity contribution in [2.75, 3.05) is 51.8 Å². The molecule has 0 bridgehead atoms. The van der Waals surface area contributed by atoms with Gasteiger partial charge < -0.3 is 19.5 Å². The number of hydrogen-bond acceptors (Lipinski definition) is 8. The van der Waals surface area contributed by atoms with Crippen LogP contribution in [-0.4, -0.2) is 77.9 Å². The minimum absolute atomic E-state index is 0.168. The molecule has 3 aliphatic rings. The van der Waals surface area contributed by atoms with Crippen LogP contribution in [0.25, 0.3) is 10.9 Å². The van der Waals surface area contributed by atoms with Crippen molar-refractivity contribution >= 4 is 22.6 Å². The average Bonchev–Trinajstić information content (AvgIpc) is 3.42. The molecule has 2 aliphatic heterocycles. The average molecular weight is 519 g/mol. The summed E-state index contributed by atoms with van der Waals surface area (Å²) in [4.78, 5) is 28.5. The van der Waals surface area contributed by atoms with Crippen molar-refractivity contribution in [1.82, 2.24) is 19.4 Å². The SMILES string of the molecule is COc1c(OCCC2CN(CC3CCC3)CCO2)ccc2c3n(c(=NC(=O)c4cccnc4)nc12)CCN3. The zero-order valence-electron chi connectivity index (χ0n) is 21.8. The van der Waals surface area contributed by atoms with Crippen molar-refractivity contribution in [2.24, 2.45) is 10.9 Å². The number of carbonyl (C=O) groups excluding carboxylic acids is 1. The van der Waals surface area contributed by atoms with Crippen molar-refractivity contribution < 1.29 is 19.0 Å². The van der Waals surface area contributed by atoms with Gasteiger partial charge in [0, 0.05) is 56.9 Å². The Kier molecular flexibility index (Phi) is 7.24. The van der Waals surface area contributed by atoms with Crippen LogP contribution >= 0.6 is 0 Å². The number of pyridine rings is 1. The van der Waals surface area contributed by atoms with Gasteiger partial charge in [-0.15, -0.1) is 0 Å². The number of anilines is 1. The number of benzene rings is 1. The minimum atomic E-state index is -0.392. The van der Waals surface area contributed by atoms with E-state index in [0.29, 0.717) is 41.3 Å². The van der Waals surface area contributed by atoms with Crippen molar-refractivity contribution in [1.29, 1.82) is 0 Å². The molecule has 1 saturated heterocycles. The third-order valence-electron chi connectivity index (χ3n) is 7.68. The number of nitrogens with one attached hydrogen (secondary N) is 1. The van der Waals surface area contributed by atoms with Gasteiger partial charge in [0.2, 0.25) is 5.62 Å². The van der Waals surface area contributed by atoms with E-state index in [9.17, 15) is 4.79 Å². The molecule has 1 amide bonds. The van der Waals surface area contributed by atoms with E-state index in [0.717, 1.165) is 49.8 Å². The summed E-state index contributed by atoms with van der Waals surface area (Å²) in [5.41, 5.74) is 1.34. The van der Waals surface area contributed by atoms with Crippen LogP contribution < -0.4 is 20.4 Å². The van der Waals surface area contributed by atoms with Gasteiger partial charge in [0.25, 0.3) is 5.91 Å². The fourth-order valence-electron chi connectivity index (χ4n) is 5.45. The lowest BCUT2D eigenvalue weighted by Crippen LogP contribution is -2.45. The molecule has 1 atom stereocenters. The van der Waals surface area contributed by atoms with Gasteiger partial charge >= 0.3 is 0 Å². The molecule has 1 unspecified atom stereocenters. The van der Waals surface area contributed by atoms with Gasteiger partial charge in [-0.1, -0.05) is 6.42 Å². The molecule has 4 heterocycles. The molecule has 3 aromatic rings.